The molecule has 2 N–H and O–H groups in total. The summed E-state index contributed by atoms with van der Waals surface area (Å²) >= 11 is 0. The van der Waals surface area contributed by atoms with Gasteiger partial charge in [-0.25, -0.2) is 0 Å². The topological polar surface area (TPSA) is 66.8 Å². The summed E-state index contributed by atoms with van der Waals surface area (Å²) in [5.74, 6) is -0.563. The number of aliphatic carboxylic acids is 1. The Labute approximate surface area is 72.2 Å². The van der Waals surface area contributed by atoms with Crippen LogP contribution < -0.4 is 0 Å². The molecule has 4 heteroatoms. The summed E-state index contributed by atoms with van der Waals surface area (Å²) in [6.07, 6.45) is -0.843. The van der Waals surface area contributed by atoms with E-state index in [-0.39, 0.29) is 12.8 Å². The SMILES string of the molecule is CC(C)COC(O)CCC(=O)O. The Morgan fingerprint density at radius 1 is 1.50 bits per heavy atom. The van der Waals surface area contributed by atoms with Crippen molar-refractivity contribution < 1.29 is 19.7 Å². The van der Waals surface area contributed by atoms with Crippen LogP contribution >= 0.6 is 0 Å². The average Bonchev–Trinajstić information content (AvgIpc) is 1.96. The summed E-state index contributed by atoms with van der Waals surface area (Å²) in [5.41, 5.74) is 0. The van der Waals surface area contributed by atoms with Crippen LogP contribution in [0.25, 0.3) is 0 Å². The molecule has 4 nitrogen and oxygen atoms in total. The normalized spacial score (nSPS) is 13.3. The van der Waals surface area contributed by atoms with Crippen LogP contribution in [0.2, 0.25) is 0 Å². The summed E-state index contributed by atoms with van der Waals surface area (Å²) in [6.45, 7) is 4.38. The Balaban J connectivity index is 3.33. The molecule has 0 amide bonds. The van der Waals surface area contributed by atoms with Gasteiger partial charge in [0, 0.05) is 6.42 Å². The second kappa shape index (κ2) is 5.97. The molecule has 12 heavy (non-hydrogen) atoms. The van der Waals surface area contributed by atoms with Crippen molar-refractivity contribution in [3.8, 4) is 0 Å². The number of ether oxygens (including phenoxy) is 1. The molecule has 0 aromatic carbocycles. The van der Waals surface area contributed by atoms with Crippen molar-refractivity contribution in [3.05, 3.63) is 0 Å². The van der Waals surface area contributed by atoms with Gasteiger partial charge in [-0.3, -0.25) is 4.79 Å². The zero-order valence-corrected chi connectivity index (χ0v) is 7.49. The maximum absolute atomic E-state index is 10.1. The van der Waals surface area contributed by atoms with Crippen molar-refractivity contribution >= 4 is 5.97 Å². The first-order valence-electron chi connectivity index (χ1n) is 4.04. The molecule has 0 spiro atoms. The number of hydrogen-bond donors (Lipinski definition) is 2. The predicted octanol–water partition coefficient (Wildman–Crippen LogP) is 0.842. The van der Waals surface area contributed by atoms with Crippen LogP contribution in [0.4, 0.5) is 0 Å². The molecule has 0 rings (SSSR count). The standard InChI is InChI=1S/C8H16O4/c1-6(2)5-12-8(11)4-3-7(9)10/h6,8,11H,3-5H2,1-2H3,(H,9,10). The van der Waals surface area contributed by atoms with Crippen molar-refractivity contribution in [1.82, 2.24) is 0 Å². The molecule has 0 aliphatic carbocycles. The van der Waals surface area contributed by atoms with Gasteiger partial charge in [-0.1, -0.05) is 13.8 Å². The number of carboxylic acids is 1. The highest BCUT2D eigenvalue weighted by Gasteiger charge is 2.07. The third-order valence-electron chi connectivity index (χ3n) is 1.23. The zero-order valence-electron chi connectivity index (χ0n) is 7.49. The molecule has 0 bridgehead atoms. The highest BCUT2D eigenvalue weighted by Crippen LogP contribution is 2.01. The predicted molar refractivity (Wildman–Crippen MR) is 43.7 cm³/mol. The fraction of sp³-hybridized carbons (Fsp3) is 0.875. The van der Waals surface area contributed by atoms with Gasteiger partial charge in [0.05, 0.1) is 13.0 Å². The lowest BCUT2D eigenvalue weighted by molar-refractivity contribution is -0.143. The van der Waals surface area contributed by atoms with E-state index in [1.807, 2.05) is 13.8 Å². The van der Waals surface area contributed by atoms with Gasteiger partial charge >= 0.3 is 5.97 Å². The van der Waals surface area contributed by atoms with Gasteiger partial charge in [-0.15, -0.1) is 0 Å². The van der Waals surface area contributed by atoms with Gasteiger partial charge in [-0.05, 0) is 5.92 Å². The molecule has 0 radical (unpaired) electrons. The number of rotatable bonds is 6. The van der Waals surface area contributed by atoms with Crippen molar-refractivity contribution in [2.75, 3.05) is 6.61 Å². The molecular weight excluding hydrogens is 160 g/mol. The maximum Gasteiger partial charge on any atom is 0.303 e. The van der Waals surface area contributed by atoms with E-state index < -0.39 is 12.3 Å². The van der Waals surface area contributed by atoms with Crippen molar-refractivity contribution in [2.24, 2.45) is 5.92 Å². The molecule has 0 saturated heterocycles. The fourth-order valence-electron chi connectivity index (χ4n) is 0.634. The lowest BCUT2D eigenvalue weighted by Crippen LogP contribution is -2.16. The van der Waals surface area contributed by atoms with Crippen molar-refractivity contribution in [1.29, 1.82) is 0 Å². The molecule has 0 aliphatic rings. The Morgan fingerprint density at radius 2 is 2.08 bits per heavy atom. The first kappa shape index (κ1) is 11.4. The van der Waals surface area contributed by atoms with Gasteiger partial charge < -0.3 is 14.9 Å². The van der Waals surface area contributed by atoms with E-state index in [0.717, 1.165) is 0 Å². The summed E-state index contributed by atoms with van der Waals surface area (Å²) in [4.78, 5) is 10.1. The van der Waals surface area contributed by atoms with E-state index in [0.29, 0.717) is 12.5 Å². The van der Waals surface area contributed by atoms with E-state index in [4.69, 9.17) is 14.9 Å². The lowest BCUT2D eigenvalue weighted by Gasteiger charge is -2.12. The van der Waals surface area contributed by atoms with E-state index >= 15 is 0 Å². The molecule has 72 valence electrons. The van der Waals surface area contributed by atoms with Crippen LogP contribution in [-0.2, 0) is 9.53 Å². The van der Waals surface area contributed by atoms with Gasteiger partial charge in [0.2, 0.25) is 0 Å². The minimum atomic E-state index is -0.941. The van der Waals surface area contributed by atoms with Crippen molar-refractivity contribution in [2.45, 2.75) is 33.0 Å². The Hall–Kier alpha value is -0.610. The highest BCUT2D eigenvalue weighted by atomic mass is 16.6. The van der Waals surface area contributed by atoms with Gasteiger partial charge in [0.1, 0.15) is 0 Å². The Kier molecular flexibility index (Phi) is 5.66. The van der Waals surface area contributed by atoms with Gasteiger partial charge in [0.25, 0.3) is 0 Å². The highest BCUT2D eigenvalue weighted by molar-refractivity contribution is 5.66. The van der Waals surface area contributed by atoms with E-state index in [2.05, 4.69) is 0 Å². The summed E-state index contributed by atoms with van der Waals surface area (Å²) in [7, 11) is 0. The summed E-state index contributed by atoms with van der Waals surface area (Å²) in [6, 6.07) is 0. The largest absolute Gasteiger partial charge is 0.481 e. The van der Waals surface area contributed by atoms with Crippen LogP contribution in [-0.4, -0.2) is 29.1 Å². The first-order valence-corrected chi connectivity index (χ1v) is 4.04. The van der Waals surface area contributed by atoms with Crippen LogP contribution in [0.1, 0.15) is 26.7 Å². The van der Waals surface area contributed by atoms with Gasteiger partial charge in [0.15, 0.2) is 6.29 Å². The maximum atomic E-state index is 10.1. The molecule has 1 atom stereocenters. The molecule has 0 aromatic rings. The van der Waals surface area contributed by atoms with Crippen LogP contribution in [0.3, 0.4) is 0 Å². The van der Waals surface area contributed by atoms with E-state index in [1.165, 1.54) is 0 Å². The second-order valence-corrected chi connectivity index (χ2v) is 3.11. The van der Waals surface area contributed by atoms with E-state index in [1.54, 1.807) is 0 Å². The van der Waals surface area contributed by atoms with Crippen LogP contribution in [0.15, 0.2) is 0 Å². The number of carboxylic acid groups (broad SMARTS) is 1. The minimum absolute atomic E-state index is 0.0563. The monoisotopic (exact) mass is 176 g/mol. The summed E-state index contributed by atoms with van der Waals surface area (Å²) in [5, 5.41) is 17.3. The number of hydrogen-bond acceptors (Lipinski definition) is 3. The average molecular weight is 176 g/mol. The number of carbonyl (C=O) groups is 1. The van der Waals surface area contributed by atoms with E-state index in [9.17, 15) is 4.79 Å². The molecule has 0 aromatic heterocycles. The molecule has 0 saturated carbocycles. The zero-order chi connectivity index (χ0) is 9.56. The Bertz CT molecular complexity index is 133. The quantitative estimate of drug-likeness (QED) is 0.588. The van der Waals surface area contributed by atoms with Gasteiger partial charge in [-0.2, -0.15) is 0 Å². The smallest absolute Gasteiger partial charge is 0.303 e. The fourth-order valence-corrected chi connectivity index (χ4v) is 0.634. The third-order valence-corrected chi connectivity index (χ3v) is 1.23. The molecule has 0 fully saturated rings. The third kappa shape index (κ3) is 7.50. The molecule has 0 heterocycles. The van der Waals surface area contributed by atoms with Crippen LogP contribution in [0.5, 0.6) is 0 Å². The molecule has 0 aliphatic heterocycles. The molecular formula is C8H16O4. The second-order valence-electron chi connectivity index (χ2n) is 3.11. The molecule has 1 unspecified atom stereocenters. The number of aliphatic hydroxyl groups is 1. The van der Waals surface area contributed by atoms with Crippen LogP contribution in [0, 0.1) is 5.92 Å². The minimum Gasteiger partial charge on any atom is -0.481 e. The first-order chi connectivity index (χ1) is 5.52. The number of aliphatic hydroxyl groups excluding tert-OH is 1. The van der Waals surface area contributed by atoms with Crippen molar-refractivity contribution in [3.63, 3.8) is 0 Å². The lowest BCUT2D eigenvalue weighted by atomic mass is 10.2. The Morgan fingerprint density at radius 3 is 2.50 bits per heavy atom. The summed E-state index contributed by atoms with van der Waals surface area (Å²) < 4.78 is 4.95.